The van der Waals surface area contributed by atoms with Gasteiger partial charge in [0.1, 0.15) is 13.2 Å². The van der Waals surface area contributed by atoms with Crippen LogP contribution in [0.25, 0.3) is 0 Å². The number of hydrogen-bond acceptors (Lipinski definition) is 6. The van der Waals surface area contributed by atoms with Crippen LogP contribution in [0.15, 0.2) is 48.6 Å². The summed E-state index contributed by atoms with van der Waals surface area (Å²) in [6.45, 7) is 6.56. The molecule has 456 valence electrons. The molecule has 0 N–H and O–H groups in total. The minimum absolute atomic E-state index is 0.0810. The summed E-state index contributed by atoms with van der Waals surface area (Å²) in [5.74, 6) is -0.898. The predicted octanol–water partition coefficient (Wildman–Crippen LogP) is 23.7. The molecule has 0 aromatic carbocycles. The number of carbonyl (C=O) groups excluding carboxylic acids is 3. The maximum atomic E-state index is 12.9. The Morgan fingerprint density at radius 3 is 0.782 bits per heavy atom. The highest BCUT2D eigenvalue weighted by atomic mass is 16.6. The fourth-order valence-corrected chi connectivity index (χ4v) is 10.4. The Bertz CT molecular complexity index is 1350. The smallest absolute Gasteiger partial charge is 0.306 e. The van der Waals surface area contributed by atoms with Crippen LogP contribution in [0.1, 0.15) is 374 Å². The molecule has 0 aliphatic heterocycles. The molecule has 0 radical (unpaired) electrons. The quantitative estimate of drug-likeness (QED) is 0.0261. The lowest BCUT2D eigenvalue weighted by atomic mass is 10.0. The van der Waals surface area contributed by atoms with Crippen molar-refractivity contribution in [1.29, 1.82) is 0 Å². The molecule has 6 heteroatoms. The van der Waals surface area contributed by atoms with Crippen molar-refractivity contribution in [2.45, 2.75) is 380 Å². The first-order valence-corrected chi connectivity index (χ1v) is 34.6. The molecule has 0 saturated heterocycles. The Kier molecular flexibility index (Phi) is 64.6. The van der Waals surface area contributed by atoms with Crippen molar-refractivity contribution in [3.63, 3.8) is 0 Å². The molecule has 0 spiro atoms. The van der Waals surface area contributed by atoms with Gasteiger partial charge in [0, 0.05) is 19.3 Å². The maximum absolute atomic E-state index is 12.9. The molecule has 0 rings (SSSR count). The molecule has 78 heavy (non-hydrogen) atoms. The molecule has 6 nitrogen and oxygen atoms in total. The molecule has 0 saturated carbocycles. The van der Waals surface area contributed by atoms with E-state index in [1.165, 1.54) is 250 Å². The van der Waals surface area contributed by atoms with Crippen LogP contribution >= 0.6 is 0 Å². The monoisotopic (exact) mass is 1090 g/mol. The molecular weight excluding hydrogens is 961 g/mol. The Hall–Kier alpha value is -2.63. The maximum Gasteiger partial charge on any atom is 0.306 e. The van der Waals surface area contributed by atoms with Gasteiger partial charge in [-0.2, -0.15) is 0 Å². The van der Waals surface area contributed by atoms with Crippen LogP contribution in [-0.2, 0) is 28.6 Å². The van der Waals surface area contributed by atoms with E-state index in [0.717, 1.165) is 83.5 Å². The fraction of sp³-hybridized carbons (Fsp3) is 0.847. The number of carbonyl (C=O) groups is 3. The minimum atomic E-state index is -0.788. The van der Waals surface area contributed by atoms with Gasteiger partial charge in [0.25, 0.3) is 0 Å². The van der Waals surface area contributed by atoms with E-state index in [1.807, 2.05) is 0 Å². The van der Waals surface area contributed by atoms with Crippen LogP contribution < -0.4 is 0 Å². The van der Waals surface area contributed by atoms with Crippen molar-refractivity contribution in [2.24, 2.45) is 0 Å². The van der Waals surface area contributed by atoms with Gasteiger partial charge >= 0.3 is 17.9 Å². The van der Waals surface area contributed by atoms with Crippen LogP contribution in [0.2, 0.25) is 0 Å². The van der Waals surface area contributed by atoms with Crippen molar-refractivity contribution < 1.29 is 28.6 Å². The lowest BCUT2D eigenvalue weighted by molar-refractivity contribution is -0.167. The fourth-order valence-electron chi connectivity index (χ4n) is 10.4. The number of hydrogen-bond donors (Lipinski definition) is 0. The van der Waals surface area contributed by atoms with Crippen molar-refractivity contribution in [3.05, 3.63) is 48.6 Å². The molecule has 0 amide bonds. The molecule has 0 aliphatic carbocycles. The number of unbranched alkanes of at least 4 members (excludes halogenated alkanes) is 45. The van der Waals surface area contributed by atoms with Crippen LogP contribution in [0.5, 0.6) is 0 Å². The van der Waals surface area contributed by atoms with Gasteiger partial charge in [-0.25, -0.2) is 0 Å². The molecule has 0 aliphatic rings. The first-order chi connectivity index (χ1) is 38.5. The third-order valence-electron chi connectivity index (χ3n) is 15.6. The molecule has 0 bridgehead atoms. The van der Waals surface area contributed by atoms with Gasteiger partial charge in [0.05, 0.1) is 0 Å². The summed E-state index contributed by atoms with van der Waals surface area (Å²) in [5, 5.41) is 0. The standard InChI is InChI=1S/C72H132O6/c1-4-7-10-13-16-19-22-25-28-30-32-33-34-35-36-37-38-40-41-44-47-50-53-56-59-62-65-71(74)77-68-69(67-76-70(73)64-61-58-55-52-49-46-43-27-24-21-18-15-12-9-6-3)78-72(75)66-63-60-57-54-51-48-45-42-39-31-29-26-23-20-17-14-11-8-5-2/h9,12,18,21,27,43,49,52,69H,4-8,10-11,13-17,19-20,22-26,28-42,44-48,50-51,53-68H2,1-3H3/b12-9-,21-18-,43-27-,52-49-. The number of ether oxygens (including phenoxy) is 3. The summed E-state index contributed by atoms with van der Waals surface area (Å²) in [7, 11) is 0. The minimum Gasteiger partial charge on any atom is -0.462 e. The van der Waals surface area contributed by atoms with E-state index in [-0.39, 0.29) is 31.1 Å². The highest BCUT2D eigenvalue weighted by Gasteiger charge is 2.19. The third-order valence-corrected chi connectivity index (χ3v) is 15.6. The molecule has 1 unspecified atom stereocenters. The average Bonchev–Trinajstić information content (AvgIpc) is 3.44. The number of esters is 3. The normalized spacial score (nSPS) is 12.3. The van der Waals surface area contributed by atoms with Gasteiger partial charge in [-0.15, -0.1) is 0 Å². The number of rotatable bonds is 64. The lowest BCUT2D eigenvalue weighted by Crippen LogP contribution is -2.30. The summed E-state index contributed by atoms with van der Waals surface area (Å²) in [4.78, 5) is 38.4. The van der Waals surface area contributed by atoms with Crippen LogP contribution in [0, 0.1) is 0 Å². The predicted molar refractivity (Wildman–Crippen MR) is 339 cm³/mol. The van der Waals surface area contributed by atoms with Gasteiger partial charge in [-0.3, -0.25) is 14.4 Å². The summed E-state index contributed by atoms with van der Waals surface area (Å²) >= 11 is 0. The first kappa shape index (κ1) is 75.4. The largest absolute Gasteiger partial charge is 0.462 e. The van der Waals surface area contributed by atoms with Crippen molar-refractivity contribution in [3.8, 4) is 0 Å². The van der Waals surface area contributed by atoms with Crippen LogP contribution in [0.3, 0.4) is 0 Å². The Labute approximate surface area is 486 Å². The van der Waals surface area contributed by atoms with E-state index in [1.54, 1.807) is 0 Å². The SMILES string of the molecule is CC/C=C\C/C=C\C/C=C\C/C=C\CCCCC(=O)OCC(COC(=O)CCCCCCCCCCCCCCCCCCCCCCCCCCCC)OC(=O)CCCCCCCCCCCCCCCCCCCCC. The zero-order chi connectivity index (χ0) is 56.4. The van der Waals surface area contributed by atoms with Crippen LogP contribution in [-0.4, -0.2) is 37.2 Å². The lowest BCUT2D eigenvalue weighted by Gasteiger charge is -2.18. The Morgan fingerprint density at radius 2 is 0.500 bits per heavy atom. The summed E-state index contributed by atoms with van der Waals surface area (Å²) < 4.78 is 16.9. The van der Waals surface area contributed by atoms with E-state index in [0.29, 0.717) is 19.3 Å². The highest BCUT2D eigenvalue weighted by molar-refractivity contribution is 5.71. The molecule has 0 heterocycles. The number of allylic oxidation sites excluding steroid dienone is 8. The third kappa shape index (κ3) is 64.2. The summed E-state index contributed by atoms with van der Waals surface area (Å²) in [6.07, 6.45) is 84.3. The van der Waals surface area contributed by atoms with Gasteiger partial charge < -0.3 is 14.2 Å². The zero-order valence-electron chi connectivity index (χ0n) is 52.5. The van der Waals surface area contributed by atoms with Gasteiger partial charge in [-0.1, -0.05) is 345 Å². The second kappa shape index (κ2) is 66.9. The van der Waals surface area contributed by atoms with Crippen molar-refractivity contribution >= 4 is 17.9 Å². The summed E-state index contributed by atoms with van der Waals surface area (Å²) in [6, 6.07) is 0. The molecular formula is C72H132O6. The van der Waals surface area contributed by atoms with Crippen LogP contribution in [0.4, 0.5) is 0 Å². The van der Waals surface area contributed by atoms with E-state index < -0.39 is 6.10 Å². The molecule has 0 fully saturated rings. The van der Waals surface area contributed by atoms with E-state index >= 15 is 0 Å². The summed E-state index contributed by atoms with van der Waals surface area (Å²) in [5.41, 5.74) is 0. The van der Waals surface area contributed by atoms with Crippen molar-refractivity contribution in [1.82, 2.24) is 0 Å². The zero-order valence-corrected chi connectivity index (χ0v) is 52.5. The molecule has 0 aromatic heterocycles. The molecule has 1 atom stereocenters. The second-order valence-electron chi connectivity index (χ2n) is 23.4. The van der Waals surface area contributed by atoms with Gasteiger partial charge in [0.15, 0.2) is 6.10 Å². The van der Waals surface area contributed by atoms with Gasteiger partial charge in [-0.05, 0) is 57.8 Å². The highest BCUT2D eigenvalue weighted by Crippen LogP contribution is 2.19. The Balaban J connectivity index is 4.27. The van der Waals surface area contributed by atoms with Gasteiger partial charge in [0.2, 0.25) is 0 Å². The Morgan fingerprint density at radius 1 is 0.269 bits per heavy atom. The molecule has 0 aromatic rings. The van der Waals surface area contributed by atoms with E-state index in [4.69, 9.17) is 14.2 Å². The van der Waals surface area contributed by atoms with E-state index in [9.17, 15) is 14.4 Å². The average molecular weight is 1090 g/mol. The topological polar surface area (TPSA) is 78.9 Å². The van der Waals surface area contributed by atoms with Crippen molar-refractivity contribution in [2.75, 3.05) is 13.2 Å². The van der Waals surface area contributed by atoms with E-state index in [2.05, 4.69) is 69.4 Å². The second-order valence-corrected chi connectivity index (χ2v) is 23.4. The first-order valence-electron chi connectivity index (χ1n) is 34.6.